The Hall–Kier alpha value is -4.20. The maximum absolute atomic E-state index is 12.6. The van der Waals surface area contributed by atoms with Crippen molar-refractivity contribution in [3.63, 3.8) is 0 Å². The van der Waals surface area contributed by atoms with Gasteiger partial charge >= 0.3 is 11.9 Å². The lowest BCUT2D eigenvalue weighted by Crippen LogP contribution is -2.34. The molecule has 4 N–H and O–H groups in total. The normalized spacial score (nSPS) is 22.7. The SMILES string of the molecule is O=C(O)C1CC=CCC1C(=O)Nc1ccc(Cc2ccc(NC(=O)C3CC=CCC3C(=O)O)cc2)cc1. The van der Waals surface area contributed by atoms with Gasteiger partial charge < -0.3 is 20.8 Å². The van der Waals surface area contributed by atoms with Crippen LogP contribution in [0.2, 0.25) is 0 Å². The lowest BCUT2D eigenvalue weighted by atomic mass is 9.82. The van der Waals surface area contributed by atoms with Gasteiger partial charge in [-0.05, 0) is 67.5 Å². The van der Waals surface area contributed by atoms with Gasteiger partial charge in [-0.25, -0.2) is 0 Å². The molecule has 2 amide bonds. The highest BCUT2D eigenvalue weighted by molar-refractivity contribution is 5.96. The van der Waals surface area contributed by atoms with Gasteiger partial charge in [-0.3, -0.25) is 19.2 Å². The number of allylic oxidation sites excluding steroid dienone is 4. The third-order valence-corrected chi connectivity index (χ3v) is 7.02. The number of nitrogens with one attached hydrogen (secondary N) is 2. The van der Waals surface area contributed by atoms with Crippen LogP contribution in [0.5, 0.6) is 0 Å². The van der Waals surface area contributed by atoms with Gasteiger partial charge in [0.15, 0.2) is 0 Å². The maximum Gasteiger partial charge on any atom is 0.307 e. The molecule has 0 radical (unpaired) electrons. The standard InChI is InChI=1S/C29H30N2O6/c32-26(22-5-1-3-7-24(22)28(34)35)30-20-13-9-18(10-14-20)17-19-11-15-21(16-12-19)31-27(33)23-6-2-4-8-25(23)29(36)37/h1-4,9-16,22-25H,5-8,17H2,(H,30,32)(H,31,33)(H,34,35)(H,36,37). The highest BCUT2D eigenvalue weighted by atomic mass is 16.4. The van der Waals surface area contributed by atoms with Crippen molar-refractivity contribution in [2.45, 2.75) is 32.1 Å². The molecule has 2 aliphatic carbocycles. The molecule has 0 spiro atoms. The van der Waals surface area contributed by atoms with Crippen molar-refractivity contribution in [2.75, 3.05) is 10.6 Å². The van der Waals surface area contributed by atoms with Crippen molar-refractivity contribution < 1.29 is 29.4 Å². The molecule has 8 heteroatoms. The Balaban J connectivity index is 1.32. The first-order valence-corrected chi connectivity index (χ1v) is 12.4. The van der Waals surface area contributed by atoms with E-state index in [1.165, 1.54) is 0 Å². The van der Waals surface area contributed by atoms with Crippen LogP contribution in [-0.2, 0) is 25.6 Å². The van der Waals surface area contributed by atoms with Gasteiger partial charge in [-0.2, -0.15) is 0 Å². The van der Waals surface area contributed by atoms with Crippen LogP contribution in [0, 0.1) is 23.7 Å². The lowest BCUT2D eigenvalue weighted by Gasteiger charge is -2.24. The quantitative estimate of drug-likeness (QED) is 0.393. The van der Waals surface area contributed by atoms with Crippen molar-refractivity contribution in [1.82, 2.24) is 0 Å². The molecule has 8 nitrogen and oxygen atoms in total. The van der Waals surface area contributed by atoms with E-state index in [1.54, 1.807) is 36.4 Å². The summed E-state index contributed by atoms with van der Waals surface area (Å²) in [5, 5.41) is 24.4. The Bertz CT molecular complexity index is 1120. The molecule has 2 aromatic rings. The smallest absolute Gasteiger partial charge is 0.307 e. The Labute approximate surface area is 215 Å². The Kier molecular flexibility index (Phi) is 8.18. The molecule has 192 valence electrons. The van der Waals surface area contributed by atoms with E-state index in [0.29, 0.717) is 43.5 Å². The van der Waals surface area contributed by atoms with Gasteiger partial charge in [0.1, 0.15) is 0 Å². The first-order chi connectivity index (χ1) is 17.8. The summed E-state index contributed by atoms with van der Waals surface area (Å²) >= 11 is 0. The fourth-order valence-corrected chi connectivity index (χ4v) is 4.87. The van der Waals surface area contributed by atoms with E-state index in [4.69, 9.17) is 0 Å². The Morgan fingerprint density at radius 2 is 0.892 bits per heavy atom. The number of carboxylic acid groups (broad SMARTS) is 2. The summed E-state index contributed by atoms with van der Waals surface area (Å²) in [6, 6.07) is 14.8. The third-order valence-electron chi connectivity index (χ3n) is 7.02. The monoisotopic (exact) mass is 502 g/mol. The fraction of sp³-hybridized carbons (Fsp3) is 0.310. The molecular weight excluding hydrogens is 472 g/mol. The summed E-state index contributed by atoms with van der Waals surface area (Å²) in [6.07, 6.45) is 9.50. The average Bonchev–Trinajstić information content (AvgIpc) is 2.90. The minimum absolute atomic E-state index is 0.291. The number of hydrogen-bond acceptors (Lipinski definition) is 4. The molecule has 0 saturated carbocycles. The van der Waals surface area contributed by atoms with Crippen LogP contribution in [0.15, 0.2) is 72.8 Å². The molecule has 0 bridgehead atoms. The minimum Gasteiger partial charge on any atom is -0.481 e. The first-order valence-electron chi connectivity index (χ1n) is 12.4. The van der Waals surface area contributed by atoms with Crippen LogP contribution in [0.1, 0.15) is 36.8 Å². The number of aliphatic carboxylic acids is 2. The van der Waals surface area contributed by atoms with Crippen LogP contribution in [-0.4, -0.2) is 34.0 Å². The van der Waals surface area contributed by atoms with Gasteiger partial charge in [-0.1, -0.05) is 48.6 Å². The molecule has 0 aromatic heterocycles. The van der Waals surface area contributed by atoms with Gasteiger partial charge in [-0.15, -0.1) is 0 Å². The lowest BCUT2D eigenvalue weighted by molar-refractivity contribution is -0.146. The maximum atomic E-state index is 12.6. The van der Waals surface area contributed by atoms with Crippen LogP contribution in [0.4, 0.5) is 11.4 Å². The number of amides is 2. The van der Waals surface area contributed by atoms with E-state index in [9.17, 15) is 29.4 Å². The van der Waals surface area contributed by atoms with E-state index >= 15 is 0 Å². The molecule has 4 atom stereocenters. The number of carboxylic acids is 2. The largest absolute Gasteiger partial charge is 0.481 e. The highest BCUT2D eigenvalue weighted by Gasteiger charge is 2.35. The van der Waals surface area contributed by atoms with Crippen LogP contribution in [0.3, 0.4) is 0 Å². The average molecular weight is 503 g/mol. The predicted octanol–water partition coefficient (Wildman–Crippen LogP) is 4.49. The molecule has 0 aliphatic heterocycles. The van der Waals surface area contributed by atoms with E-state index in [-0.39, 0.29) is 11.8 Å². The zero-order valence-corrected chi connectivity index (χ0v) is 20.3. The zero-order chi connectivity index (χ0) is 26.4. The van der Waals surface area contributed by atoms with Gasteiger partial charge in [0, 0.05) is 11.4 Å². The van der Waals surface area contributed by atoms with Crippen LogP contribution < -0.4 is 10.6 Å². The van der Waals surface area contributed by atoms with E-state index in [0.717, 1.165) is 11.1 Å². The number of benzene rings is 2. The summed E-state index contributed by atoms with van der Waals surface area (Å²) in [6.45, 7) is 0. The second-order valence-electron chi connectivity index (χ2n) is 9.54. The summed E-state index contributed by atoms with van der Waals surface area (Å²) in [7, 11) is 0. The van der Waals surface area contributed by atoms with E-state index in [2.05, 4.69) is 10.6 Å². The fourth-order valence-electron chi connectivity index (χ4n) is 4.87. The zero-order valence-electron chi connectivity index (χ0n) is 20.3. The summed E-state index contributed by atoms with van der Waals surface area (Å²) in [5.74, 6) is -5.11. The van der Waals surface area contributed by atoms with Gasteiger partial charge in [0.25, 0.3) is 0 Å². The van der Waals surface area contributed by atoms with Crippen LogP contribution in [0.25, 0.3) is 0 Å². The molecule has 2 aliphatic rings. The molecule has 4 unspecified atom stereocenters. The van der Waals surface area contributed by atoms with Crippen LogP contribution >= 0.6 is 0 Å². The van der Waals surface area contributed by atoms with Crippen molar-refractivity contribution in [3.8, 4) is 0 Å². The Morgan fingerprint density at radius 1 is 0.568 bits per heavy atom. The highest BCUT2D eigenvalue weighted by Crippen LogP contribution is 2.29. The molecule has 37 heavy (non-hydrogen) atoms. The second-order valence-corrected chi connectivity index (χ2v) is 9.54. The number of hydrogen-bond donors (Lipinski definition) is 4. The number of anilines is 2. The van der Waals surface area contributed by atoms with Gasteiger partial charge in [0.2, 0.25) is 11.8 Å². The number of carbonyl (C=O) groups excluding carboxylic acids is 2. The van der Waals surface area contributed by atoms with Crippen molar-refractivity contribution in [1.29, 1.82) is 0 Å². The molecular formula is C29H30N2O6. The second kappa shape index (κ2) is 11.7. The topological polar surface area (TPSA) is 133 Å². The van der Waals surface area contributed by atoms with E-state index in [1.807, 2.05) is 36.4 Å². The molecule has 0 fully saturated rings. The summed E-state index contributed by atoms with van der Waals surface area (Å²) in [5.41, 5.74) is 3.28. The number of rotatable bonds is 8. The summed E-state index contributed by atoms with van der Waals surface area (Å²) in [4.78, 5) is 48.2. The van der Waals surface area contributed by atoms with Crippen molar-refractivity contribution in [3.05, 3.63) is 84.0 Å². The first kappa shape index (κ1) is 25.9. The predicted molar refractivity (Wildman–Crippen MR) is 139 cm³/mol. The summed E-state index contributed by atoms with van der Waals surface area (Å²) < 4.78 is 0. The minimum atomic E-state index is -0.957. The third kappa shape index (κ3) is 6.52. The molecule has 4 rings (SSSR count). The molecule has 2 aromatic carbocycles. The van der Waals surface area contributed by atoms with E-state index < -0.39 is 35.6 Å². The van der Waals surface area contributed by atoms with Gasteiger partial charge in [0.05, 0.1) is 23.7 Å². The Morgan fingerprint density at radius 3 is 1.22 bits per heavy atom. The molecule has 0 heterocycles. The van der Waals surface area contributed by atoms with Crippen molar-refractivity contribution >= 4 is 35.1 Å². The molecule has 0 saturated heterocycles. The van der Waals surface area contributed by atoms with Crippen molar-refractivity contribution in [2.24, 2.45) is 23.7 Å². The number of carbonyl (C=O) groups is 4.